The van der Waals surface area contributed by atoms with Crippen molar-refractivity contribution in [2.24, 2.45) is 0 Å². The number of hydrogen-bond donors (Lipinski definition) is 0. The van der Waals surface area contributed by atoms with Crippen LogP contribution >= 0.6 is 34.2 Å². The number of halogens is 2. The Morgan fingerprint density at radius 1 is 1.00 bits per heavy atom. The molecule has 1 nitrogen and oxygen atoms in total. The Morgan fingerprint density at radius 3 is 2.11 bits per heavy atom. The predicted octanol–water partition coefficient (Wildman–Crippen LogP) is 5.23. The van der Waals surface area contributed by atoms with E-state index in [2.05, 4.69) is 72.8 Å². The number of hydrogen-bond acceptors (Lipinski definition) is 1. The Kier molecular flexibility index (Phi) is 5.11. The first-order valence-corrected chi connectivity index (χ1v) is 7.75. The fourth-order valence-corrected chi connectivity index (χ4v) is 2.59. The molecule has 0 N–H and O–H groups in total. The minimum atomic E-state index is 0.541. The lowest BCUT2D eigenvalue weighted by Gasteiger charge is -2.13. The lowest BCUT2D eigenvalue weighted by molar-refractivity contribution is 0.302. The fraction of sp³-hybridized carbons (Fsp3) is 0.250. The molecule has 2 rings (SSSR count). The zero-order chi connectivity index (χ0) is 13.8. The van der Waals surface area contributed by atoms with Crippen LogP contribution in [-0.2, 0) is 12.5 Å². The van der Waals surface area contributed by atoms with Crippen LogP contribution in [0.15, 0.2) is 36.4 Å². The van der Waals surface area contributed by atoms with E-state index in [1.165, 1.54) is 9.13 Å². The highest BCUT2D eigenvalue weighted by Gasteiger charge is 2.06. The minimum Gasteiger partial charge on any atom is -0.488 e. The lowest BCUT2D eigenvalue weighted by atomic mass is 10.1. The van der Waals surface area contributed by atoms with Crippen LogP contribution in [0, 0.1) is 17.4 Å². The molecule has 0 fully saturated rings. The summed E-state index contributed by atoms with van der Waals surface area (Å²) in [7, 11) is 0. The van der Waals surface area contributed by atoms with Gasteiger partial charge in [0.25, 0.3) is 0 Å². The normalized spacial score (nSPS) is 10.5. The maximum absolute atomic E-state index is 5.95. The number of alkyl halides is 1. The van der Waals surface area contributed by atoms with Crippen molar-refractivity contribution in [1.29, 1.82) is 0 Å². The molecule has 2 aromatic carbocycles. The van der Waals surface area contributed by atoms with Gasteiger partial charge in [0, 0.05) is 9.45 Å². The van der Waals surface area contributed by atoms with Gasteiger partial charge in [-0.15, -0.1) is 11.6 Å². The third kappa shape index (κ3) is 3.86. The topological polar surface area (TPSA) is 9.23 Å². The molecular weight excluding hydrogens is 371 g/mol. The molecule has 2 aromatic rings. The van der Waals surface area contributed by atoms with Gasteiger partial charge in [-0.25, -0.2) is 0 Å². The summed E-state index contributed by atoms with van der Waals surface area (Å²) < 4.78 is 7.18. The highest BCUT2D eigenvalue weighted by molar-refractivity contribution is 14.1. The van der Waals surface area contributed by atoms with Crippen molar-refractivity contribution in [3.8, 4) is 5.75 Å². The average Bonchev–Trinajstić information content (AvgIpc) is 2.39. The van der Waals surface area contributed by atoms with Crippen molar-refractivity contribution in [2.45, 2.75) is 26.3 Å². The Bertz CT molecular complexity index is 540. The first-order valence-electron chi connectivity index (χ1n) is 6.13. The molecule has 0 aliphatic heterocycles. The van der Waals surface area contributed by atoms with Crippen LogP contribution in [0.25, 0.3) is 0 Å². The van der Waals surface area contributed by atoms with Crippen molar-refractivity contribution >= 4 is 34.2 Å². The molecular formula is C16H16ClIO. The Hall–Kier alpha value is -0.740. The second kappa shape index (κ2) is 6.62. The van der Waals surface area contributed by atoms with Crippen LogP contribution in [0.4, 0.5) is 0 Å². The van der Waals surface area contributed by atoms with E-state index in [4.69, 9.17) is 16.3 Å². The Balaban J connectivity index is 2.13. The number of benzene rings is 2. The average molecular weight is 387 g/mol. The SMILES string of the molecule is Cc1cc(CCl)cc(C)c1OCc1ccc(I)cc1. The van der Waals surface area contributed by atoms with E-state index in [1.54, 1.807) is 0 Å². The van der Waals surface area contributed by atoms with E-state index in [-0.39, 0.29) is 0 Å². The predicted molar refractivity (Wildman–Crippen MR) is 89.0 cm³/mol. The maximum Gasteiger partial charge on any atom is 0.125 e. The van der Waals surface area contributed by atoms with Gasteiger partial charge in [0.2, 0.25) is 0 Å². The van der Waals surface area contributed by atoms with E-state index in [1.807, 2.05) is 0 Å². The lowest BCUT2D eigenvalue weighted by Crippen LogP contribution is -2.00. The van der Waals surface area contributed by atoms with Gasteiger partial charge in [0.1, 0.15) is 12.4 Å². The van der Waals surface area contributed by atoms with Crippen LogP contribution in [0.5, 0.6) is 5.75 Å². The molecule has 0 saturated carbocycles. The van der Waals surface area contributed by atoms with Gasteiger partial charge >= 0.3 is 0 Å². The minimum absolute atomic E-state index is 0.541. The highest BCUT2D eigenvalue weighted by atomic mass is 127. The molecule has 0 amide bonds. The smallest absolute Gasteiger partial charge is 0.125 e. The van der Waals surface area contributed by atoms with Gasteiger partial charge in [-0.1, -0.05) is 24.3 Å². The molecule has 0 aliphatic rings. The van der Waals surface area contributed by atoms with E-state index in [9.17, 15) is 0 Å². The largest absolute Gasteiger partial charge is 0.488 e. The zero-order valence-corrected chi connectivity index (χ0v) is 14.0. The van der Waals surface area contributed by atoms with Gasteiger partial charge in [0.05, 0.1) is 0 Å². The number of rotatable bonds is 4. The quantitative estimate of drug-likeness (QED) is 0.517. The summed E-state index contributed by atoms with van der Waals surface area (Å²) in [6, 6.07) is 12.6. The van der Waals surface area contributed by atoms with Gasteiger partial charge in [0.15, 0.2) is 0 Å². The van der Waals surface area contributed by atoms with E-state index in [0.29, 0.717) is 12.5 Å². The first-order chi connectivity index (χ1) is 9.10. The third-order valence-electron chi connectivity index (χ3n) is 2.97. The second-order valence-corrected chi connectivity index (χ2v) is 6.12. The zero-order valence-electron chi connectivity index (χ0n) is 11.0. The second-order valence-electron chi connectivity index (χ2n) is 4.61. The summed E-state index contributed by atoms with van der Waals surface area (Å²) in [5.74, 6) is 1.51. The molecule has 0 radical (unpaired) electrons. The van der Waals surface area contributed by atoms with Crippen molar-refractivity contribution < 1.29 is 4.74 Å². The molecule has 0 unspecified atom stereocenters. The summed E-state index contributed by atoms with van der Waals surface area (Å²) >= 11 is 8.17. The third-order valence-corrected chi connectivity index (χ3v) is 4.00. The molecule has 19 heavy (non-hydrogen) atoms. The maximum atomic E-state index is 5.95. The molecule has 0 spiro atoms. The van der Waals surface area contributed by atoms with Gasteiger partial charge in [-0.05, 0) is 70.8 Å². The molecule has 0 aromatic heterocycles. The van der Waals surface area contributed by atoms with Crippen molar-refractivity contribution in [1.82, 2.24) is 0 Å². The fourth-order valence-electron chi connectivity index (χ4n) is 2.08. The monoisotopic (exact) mass is 386 g/mol. The molecule has 3 heteroatoms. The van der Waals surface area contributed by atoms with Gasteiger partial charge in [-0.3, -0.25) is 0 Å². The van der Waals surface area contributed by atoms with Crippen LogP contribution in [0.1, 0.15) is 22.3 Å². The van der Waals surface area contributed by atoms with E-state index >= 15 is 0 Å². The molecule has 100 valence electrons. The van der Waals surface area contributed by atoms with E-state index in [0.717, 1.165) is 22.4 Å². The van der Waals surface area contributed by atoms with Crippen LogP contribution in [-0.4, -0.2) is 0 Å². The summed E-state index contributed by atoms with van der Waals surface area (Å²) in [5, 5.41) is 0. The van der Waals surface area contributed by atoms with Gasteiger partial charge in [-0.2, -0.15) is 0 Å². The summed E-state index contributed by atoms with van der Waals surface area (Å²) in [6.07, 6.45) is 0. The summed E-state index contributed by atoms with van der Waals surface area (Å²) in [6.45, 7) is 4.72. The van der Waals surface area contributed by atoms with Gasteiger partial charge < -0.3 is 4.74 Å². The summed E-state index contributed by atoms with van der Waals surface area (Å²) in [5.41, 5.74) is 4.60. The summed E-state index contributed by atoms with van der Waals surface area (Å²) in [4.78, 5) is 0. The van der Waals surface area contributed by atoms with Crippen LogP contribution < -0.4 is 4.74 Å². The van der Waals surface area contributed by atoms with Crippen molar-refractivity contribution in [3.63, 3.8) is 0 Å². The Labute approximate surface area is 133 Å². The standard InChI is InChI=1S/C16H16ClIO/c1-11-7-14(9-17)8-12(2)16(11)19-10-13-3-5-15(18)6-4-13/h3-8H,9-10H2,1-2H3. The molecule has 0 aliphatic carbocycles. The molecule has 0 saturated heterocycles. The number of ether oxygens (including phenoxy) is 1. The molecule has 0 atom stereocenters. The molecule has 0 heterocycles. The first kappa shape index (κ1) is 14.7. The van der Waals surface area contributed by atoms with Crippen LogP contribution in [0.3, 0.4) is 0 Å². The number of aryl methyl sites for hydroxylation is 2. The van der Waals surface area contributed by atoms with Crippen LogP contribution in [0.2, 0.25) is 0 Å². The van der Waals surface area contributed by atoms with Crippen molar-refractivity contribution in [2.75, 3.05) is 0 Å². The molecule has 0 bridgehead atoms. The highest BCUT2D eigenvalue weighted by Crippen LogP contribution is 2.26. The Morgan fingerprint density at radius 2 is 1.58 bits per heavy atom. The van der Waals surface area contributed by atoms with E-state index < -0.39 is 0 Å². The van der Waals surface area contributed by atoms with Crippen molar-refractivity contribution in [3.05, 3.63) is 62.2 Å².